The Hall–Kier alpha value is -3.18. The highest BCUT2D eigenvalue weighted by atomic mass is 35.5. The molecule has 6 heteroatoms. The van der Waals surface area contributed by atoms with E-state index in [4.69, 9.17) is 16.0 Å². The highest BCUT2D eigenvalue weighted by Gasteiger charge is 2.09. The zero-order chi connectivity index (χ0) is 19.7. The van der Waals surface area contributed by atoms with Crippen molar-refractivity contribution in [3.8, 4) is 11.3 Å². The number of fused-ring (bicyclic) bond motifs is 1. The van der Waals surface area contributed by atoms with Crippen molar-refractivity contribution in [3.05, 3.63) is 81.9 Å². The molecule has 0 saturated carbocycles. The minimum atomic E-state index is 0.450. The molecule has 0 unspecified atom stereocenters. The summed E-state index contributed by atoms with van der Waals surface area (Å²) in [5, 5.41) is 6.72. The Morgan fingerprint density at radius 3 is 2.36 bits per heavy atom. The molecule has 2 aromatic heterocycles. The first-order valence-corrected chi connectivity index (χ1v) is 9.29. The van der Waals surface area contributed by atoms with Crippen LogP contribution in [0.5, 0.6) is 0 Å². The van der Waals surface area contributed by atoms with E-state index < -0.39 is 0 Å². The minimum absolute atomic E-state index is 0.450. The Kier molecular flexibility index (Phi) is 4.84. The lowest BCUT2D eigenvalue weighted by molar-refractivity contribution is 0.618. The molecule has 2 aromatic carbocycles. The van der Waals surface area contributed by atoms with Crippen molar-refractivity contribution in [1.29, 1.82) is 0 Å². The summed E-state index contributed by atoms with van der Waals surface area (Å²) in [5.74, 6) is 1.17. The van der Waals surface area contributed by atoms with Gasteiger partial charge in [-0.3, -0.25) is 0 Å². The monoisotopic (exact) mass is 390 g/mol. The second-order valence-corrected chi connectivity index (χ2v) is 7.06. The third-order valence-corrected chi connectivity index (χ3v) is 4.75. The standard InChI is InChI=1S/C22H19ClN4O/c1-13-9-21-17(11-18(13)23)19(12-20(28-21)16-7-5-4-6-8-16)26-27-22-24-14(2)10-15(3)25-22/h4-12H,1-3H3,(H,24,25,27)/b26-19+. The van der Waals surface area contributed by atoms with E-state index in [2.05, 4.69) is 20.5 Å². The average Bonchev–Trinajstić information content (AvgIpc) is 2.67. The van der Waals surface area contributed by atoms with E-state index in [9.17, 15) is 0 Å². The Labute approximate surface area is 167 Å². The van der Waals surface area contributed by atoms with E-state index in [1.165, 1.54) is 0 Å². The van der Waals surface area contributed by atoms with E-state index in [0.29, 0.717) is 21.9 Å². The molecule has 2 heterocycles. The maximum atomic E-state index is 6.35. The third-order valence-electron chi connectivity index (χ3n) is 4.34. The molecule has 0 atom stereocenters. The highest BCUT2D eigenvalue weighted by Crippen LogP contribution is 2.26. The third kappa shape index (κ3) is 3.75. The van der Waals surface area contributed by atoms with Crippen LogP contribution >= 0.6 is 11.6 Å². The second-order valence-electron chi connectivity index (χ2n) is 6.66. The van der Waals surface area contributed by atoms with Crippen molar-refractivity contribution in [1.82, 2.24) is 9.97 Å². The van der Waals surface area contributed by atoms with Gasteiger partial charge in [-0.1, -0.05) is 41.9 Å². The molecule has 0 aliphatic carbocycles. The lowest BCUT2D eigenvalue weighted by Gasteiger charge is -2.07. The van der Waals surface area contributed by atoms with Crippen molar-refractivity contribution in [2.75, 3.05) is 5.43 Å². The van der Waals surface area contributed by atoms with E-state index in [1.54, 1.807) is 0 Å². The van der Waals surface area contributed by atoms with Crippen molar-refractivity contribution in [2.45, 2.75) is 20.8 Å². The smallest absolute Gasteiger partial charge is 0.243 e. The van der Waals surface area contributed by atoms with Crippen LogP contribution in [0.3, 0.4) is 0 Å². The van der Waals surface area contributed by atoms with Gasteiger partial charge in [-0.25, -0.2) is 15.4 Å². The molecule has 140 valence electrons. The van der Waals surface area contributed by atoms with Gasteiger partial charge < -0.3 is 4.42 Å². The fourth-order valence-corrected chi connectivity index (χ4v) is 3.18. The maximum Gasteiger partial charge on any atom is 0.243 e. The Bertz CT molecular complexity index is 1210. The van der Waals surface area contributed by atoms with Crippen molar-refractivity contribution in [3.63, 3.8) is 0 Å². The van der Waals surface area contributed by atoms with Crippen molar-refractivity contribution < 1.29 is 4.42 Å². The Morgan fingerprint density at radius 2 is 1.64 bits per heavy atom. The number of halogens is 1. The van der Waals surface area contributed by atoms with Gasteiger partial charge in [0.1, 0.15) is 11.3 Å². The minimum Gasteiger partial charge on any atom is -0.456 e. The summed E-state index contributed by atoms with van der Waals surface area (Å²) in [4.78, 5) is 8.75. The first kappa shape index (κ1) is 18.2. The predicted molar refractivity (Wildman–Crippen MR) is 112 cm³/mol. The lowest BCUT2D eigenvalue weighted by atomic mass is 10.1. The number of rotatable bonds is 3. The summed E-state index contributed by atoms with van der Waals surface area (Å²) in [6.07, 6.45) is 0. The molecule has 0 fully saturated rings. The largest absolute Gasteiger partial charge is 0.456 e. The van der Waals surface area contributed by atoms with E-state index in [0.717, 1.165) is 33.7 Å². The highest BCUT2D eigenvalue weighted by molar-refractivity contribution is 6.32. The Morgan fingerprint density at radius 1 is 0.929 bits per heavy atom. The van der Waals surface area contributed by atoms with E-state index in [-0.39, 0.29) is 0 Å². The van der Waals surface area contributed by atoms with E-state index in [1.807, 2.05) is 75.4 Å². The molecule has 0 spiro atoms. The first-order valence-electron chi connectivity index (χ1n) is 8.91. The number of nitrogens with zero attached hydrogens (tertiary/aromatic N) is 3. The number of benzene rings is 2. The van der Waals surface area contributed by atoms with Crippen LogP contribution in [0.15, 0.2) is 64.1 Å². The normalized spacial score (nSPS) is 11.8. The molecule has 0 amide bonds. The Balaban J connectivity index is 1.90. The van der Waals surface area contributed by atoms with Crippen LogP contribution in [0.4, 0.5) is 5.95 Å². The van der Waals surface area contributed by atoms with Gasteiger partial charge in [0.05, 0.1) is 5.36 Å². The molecular formula is C22H19ClN4O. The van der Waals surface area contributed by atoms with Crippen molar-refractivity contribution >= 4 is 28.5 Å². The average molecular weight is 391 g/mol. The zero-order valence-corrected chi connectivity index (χ0v) is 16.6. The summed E-state index contributed by atoms with van der Waals surface area (Å²) in [7, 11) is 0. The summed E-state index contributed by atoms with van der Waals surface area (Å²) >= 11 is 6.35. The molecule has 0 saturated heterocycles. The van der Waals surface area contributed by atoms with Gasteiger partial charge in [-0.2, -0.15) is 5.10 Å². The molecule has 0 radical (unpaired) electrons. The van der Waals surface area contributed by atoms with Gasteiger partial charge in [-0.15, -0.1) is 0 Å². The first-order chi connectivity index (χ1) is 13.5. The number of aromatic nitrogens is 2. The van der Waals surface area contributed by atoms with Gasteiger partial charge in [-0.05, 0) is 44.5 Å². The maximum absolute atomic E-state index is 6.35. The van der Waals surface area contributed by atoms with E-state index >= 15 is 0 Å². The summed E-state index contributed by atoms with van der Waals surface area (Å²) < 4.78 is 6.14. The number of hydrogen-bond acceptors (Lipinski definition) is 5. The molecule has 0 aliphatic rings. The van der Waals surface area contributed by atoms with Gasteiger partial charge in [0.2, 0.25) is 5.95 Å². The number of anilines is 1. The number of nitrogens with one attached hydrogen (secondary N) is 1. The molecule has 0 aliphatic heterocycles. The molecule has 5 nitrogen and oxygen atoms in total. The summed E-state index contributed by atoms with van der Waals surface area (Å²) in [6, 6.07) is 17.5. The fraction of sp³-hybridized carbons (Fsp3) is 0.136. The quantitative estimate of drug-likeness (QED) is 0.476. The predicted octanol–water partition coefficient (Wildman–Crippen LogP) is 5.40. The van der Waals surface area contributed by atoms with Crippen LogP contribution in [0.1, 0.15) is 17.0 Å². The van der Waals surface area contributed by atoms with Crippen LogP contribution in [0.25, 0.3) is 22.3 Å². The molecular weight excluding hydrogens is 372 g/mol. The van der Waals surface area contributed by atoms with Crippen LogP contribution in [0.2, 0.25) is 5.02 Å². The molecule has 4 rings (SSSR count). The van der Waals surface area contributed by atoms with Crippen LogP contribution in [-0.4, -0.2) is 9.97 Å². The molecule has 0 bridgehead atoms. The number of hydrogen-bond donors (Lipinski definition) is 1. The SMILES string of the molecule is Cc1cc(C)nc(N/N=c2\cc(-c3ccccc3)oc3cc(C)c(Cl)cc23)n1. The van der Waals surface area contributed by atoms with Gasteiger partial charge in [0, 0.05) is 33.4 Å². The molecule has 28 heavy (non-hydrogen) atoms. The topological polar surface area (TPSA) is 63.3 Å². The zero-order valence-electron chi connectivity index (χ0n) is 15.8. The second kappa shape index (κ2) is 7.44. The van der Waals surface area contributed by atoms with Crippen LogP contribution in [0, 0.1) is 20.8 Å². The molecule has 1 N–H and O–H groups in total. The molecule has 4 aromatic rings. The van der Waals surface area contributed by atoms with Gasteiger partial charge in [0.15, 0.2) is 0 Å². The van der Waals surface area contributed by atoms with Crippen LogP contribution < -0.4 is 10.8 Å². The fourth-order valence-electron chi connectivity index (χ4n) is 3.01. The lowest BCUT2D eigenvalue weighted by Crippen LogP contribution is -2.09. The summed E-state index contributed by atoms with van der Waals surface area (Å²) in [6.45, 7) is 5.80. The van der Waals surface area contributed by atoms with Gasteiger partial charge >= 0.3 is 0 Å². The van der Waals surface area contributed by atoms with Crippen LogP contribution in [-0.2, 0) is 0 Å². The van der Waals surface area contributed by atoms with Gasteiger partial charge in [0.25, 0.3) is 0 Å². The summed E-state index contributed by atoms with van der Waals surface area (Å²) in [5.41, 5.74) is 7.34. The number of aryl methyl sites for hydroxylation is 3. The van der Waals surface area contributed by atoms with Crippen molar-refractivity contribution in [2.24, 2.45) is 5.10 Å².